The van der Waals surface area contributed by atoms with Crippen LogP contribution < -0.4 is 10.2 Å². The lowest BCUT2D eigenvalue weighted by Crippen LogP contribution is -2.47. The van der Waals surface area contributed by atoms with E-state index >= 15 is 0 Å². The summed E-state index contributed by atoms with van der Waals surface area (Å²) < 4.78 is 35.5. The fraction of sp³-hybridized carbons (Fsp3) is 0.286. The molecule has 1 saturated heterocycles. The van der Waals surface area contributed by atoms with Gasteiger partial charge in [0.25, 0.3) is 10.1 Å². The van der Waals surface area contributed by atoms with Crippen LogP contribution >= 0.6 is 23.1 Å². The third kappa shape index (κ3) is 6.59. The second-order valence-electron chi connectivity index (χ2n) is 9.69. The van der Waals surface area contributed by atoms with Crippen LogP contribution in [0, 0.1) is 6.92 Å². The predicted molar refractivity (Wildman–Crippen MR) is 157 cm³/mol. The van der Waals surface area contributed by atoms with E-state index in [1.165, 1.54) is 22.2 Å². The first-order valence-electron chi connectivity index (χ1n) is 12.6. The molecule has 1 aromatic heterocycles. The molecule has 0 atom stereocenters. The van der Waals surface area contributed by atoms with Crippen molar-refractivity contribution in [2.45, 2.75) is 24.7 Å². The van der Waals surface area contributed by atoms with Gasteiger partial charge in [0.2, 0.25) is 5.91 Å². The normalized spacial score (nSPS) is 15.6. The van der Waals surface area contributed by atoms with Gasteiger partial charge in [-0.3, -0.25) is 14.2 Å². The smallest absolute Gasteiger partial charge is 0.294 e. The van der Waals surface area contributed by atoms with Gasteiger partial charge in [-0.25, -0.2) is 0 Å². The molecule has 3 heterocycles. The average Bonchev–Trinajstić information content (AvgIpc) is 3.50. The molecule has 2 N–H and O–H groups in total. The van der Waals surface area contributed by atoms with Crippen LogP contribution in [0.5, 0.6) is 0 Å². The van der Waals surface area contributed by atoms with E-state index in [1.54, 1.807) is 23.7 Å². The van der Waals surface area contributed by atoms with E-state index in [-0.39, 0.29) is 10.8 Å². The van der Waals surface area contributed by atoms with Crippen LogP contribution in [0.15, 0.2) is 65.6 Å². The van der Waals surface area contributed by atoms with Crippen molar-refractivity contribution < 1.29 is 17.8 Å². The third-order valence-corrected chi connectivity index (χ3v) is 8.98. The number of anilines is 2. The highest BCUT2D eigenvalue weighted by Gasteiger charge is 2.22. The van der Waals surface area contributed by atoms with Gasteiger partial charge in [0, 0.05) is 48.8 Å². The molecule has 6 rings (SSSR count). The zero-order valence-corrected chi connectivity index (χ0v) is 23.8. The first-order chi connectivity index (χ1) is 18.7. The highest BCUT2D eigenvalue weighted by Crippen LogP contribution is 2.31. The molecule has 1 amide bonds. The molecule has 2 aliphatic rings. The van der Waals surface area contributed by atoms with Crippen LogP contribution in [0.25, 0.3) is 10.1 Å². The molecule has 39 heavy (non-hydrogen) atoms. The summed E-state index contributed by atoms with van der Waals surface area (Å²) in [5.41, 5.74) is 4.01. The van der Waals surface area contributed by atoms with Gasteiger partial charge in [0.1, 0.15) is 5.82 Å². The molecule has 0 aliphatic carbocycles. The molecule has 0 bridgehead atoms. The maximum absolute atomic E-state index is 11.6. The second-order valence-corrected chi connectivity index (χ2v) is 12.3. The Morgan fingerprint density at radius 3 is 2.49 bits per heavy atom. The minimum atomic E-state index is -4.02. The summed E-state index contributed by atoms with van der Waals surface area (Å²) in [6.07, 6.45) is 1.36. The lowest BCUT2D eigenvalue weighted by Gasteiger charge is -2.35. The van der Waals surface area contributed by atoms with Crippen molar-refractivity contribution in [2.75, 3.05) is 42.9 Å². The largest absolute Gasteiger partial charge is 0.353 e. The molecule has 0 saturated carbocycles. The van der Waals surface area contributed by atoms with Crippen LogP contribution in [-0.2, 0) is 27.8 Å². The summed E-state index contributed by atoms with van der Waals surface area (Å²) in [6.45, 7) is 6.84. The highest BCUT2D eigenvalue weighted by molar-refractivity contribution is 7.85. The van der Waals surface area contributed by atoms with Crippen molar-refractivity contribution in [3.8, 4) is 0 Å². The SMILES string of the molecule is Cc1ccc(S(=O)(=O)O)cc1.O=C1Cc2cc(CCN3CCN(c4nsc5ccccc45)CC3)c(Cl)cc2N1. The molecule has 0 radical (unpaired) electrons. The topological polar surface area (TPSA) is 103 Å². The van der Waals surface area contributed by atoms with Gasteiger partial charge in [-0.2, -0.15) is 12.8 Å². The van der Waals surface area contributed by atoms with Gasteiger partial charge in [-0.15, -0.1) is 0 Å². The first-order valence-corrected chi connectivity index (χ1v) is 15.2. The van der Waals surface area contributed by atoms with Crippen molar-refractivity contribution in [1.29, 1.82) is 0 Å². The van der Waals surface area contributed by atoms with Crippen LogP contribution in [0.3, 0.4) is 0 Å². The highest BCUT2D eigenvalue weighted by atomic mass is 35.5. The number of hydrogen-bond acceptors (Lipinski definition) is 7. The molecule has 0 spiro atoms. The number of benzene rings is 3. The summed E-state index contributed by atoms with van der Waals surface area (Å²) in [5.74, 6) is 1.17. The van der Waals surface area contributed by atoms with Crippen LogP contribution in [0.2, 0.25) is 5.02 Å². The molecule has 2 aliphatic heterocycles. The Kier molecular flexibility index (Phi) is 8.20. The summed E-state index contributed by atoms with van der Waals surface area (Å²) in [7, 11) is -4.02. The van der Waals surface area contributed by atoms with Gasteiger partial charge >= 0.3 is 0 Å². The minimum absolute atomic E-state index is 0.0499. The Labute approximate surface area is 237 Å². The maximum atomic E-state index is 11.6. The number of aryl methyl sites for hydroxylation is 1. The number of carbonyl (C=O) groups excluding carboxylic acids is 1. The van der Waals surface area contributed by atoms with Gasteiger partial charge in [0.05, 0.1) is 16.0 Å². The Morgan fingerprint density at radius 2 is 1.77 bits per heavy atom. The summed E-state index contributed by atoms with van der Waals surface area (Å²) in [4.78, 5) is 16.4. The number of hydrogen-bond donors (Lipinski definition) is 2. The third-order valence-electron chi connectivity index (χ3n) is 6.94. The maximum Gasteiger partial charge on any atom is 0.294 e. The lowest BCUT2D eigenvalue weighted by atomic mass is 10.1. The van der Waals surface area contributed by atoms with Crippen molar-refractivity contribution in [3.05, 3.63) is 82.4 Å². The molecular weight excluding hydrogens is 556 g/mol. The zero-order chi connectivity index (χ0) is 27.6. The first kappa shape index (κ1) is 27.5. The Bertz CT molecular complexity index is 1600. The number of rotatable bonds is 5. The molecule has 8 nitrogen and oxygen atoms in total. The summed E-state index contributed by atoms with van der Waals surface area (Å²) in [6, 6.07) is 18.4. The number of aromatic nitrogens is 1. The van der Waals surface area contributed by atoms with E-state index in [9.17, 15) is 13.2 Å². The fourth-order valence-electron chi connectivity index (χ4n) is 4.76. The Hall–Kier alpha value is -3.02. The van der Waals surface area contributed by atoms with Gasteiger partial charge < -0.3 is 10.2 Å². The molecule has 0 unspecified atom stereocenters. The number of nitrogens with zero attached hydrogens (tertiary/aromatic N) is 3. The Balaban J connectivity index is 0.000000237. The fourth-order valence-corrected chi connectivity index (χ4v) is 6.30. The Morgan fingerprint density at radius 1 is 1.05 bits per heavy atom. The number of fused-ring (bicyclic) bond motifs is 2. The molecule has 1 fully saturated rings. The number of piperazine rings is 1. The zero-order valence-electron chi connectivity index (χ0n) is 21.4. The van der Waals surface area contributed by atoms with E-state index < -0.39 is 10.1 Å². The number of carbonyl (C=O) groups is 1. The molecule has 11 heteroatoms. The van der Waals surface area contributed by atoms with Gasteiger partial charge in [0.15, 0.2) is 0 Å². The van der Waals surface area contributed by atoms with Crippen molar-refractivity contribution >= 4 is 60.8 Å². The minimum Gasteiger partial charge on any atom is -0.353 e. The number of nitrogens with one attached hydrogen (secondary N) is 1. The van der Waals surface area contributed by atoms with E-state index in [0.29, 0.717) is 6.42 Å². The van der Waals surface area contributed by atoms with Crippen LogP contribution in [0.4, 0.5) is 11.5 Å². The quantitative estimate of drug-likeness (QED) is 0.316. The predicted octanol–water partition coefficient (Wildman–Crippen LogP) is 5.05. The molecule has 3 aromatic carbocycles. The summed E-state index contributed by atoms with van der Waals surface area (Å²) >= 11 is 8.01. The van der Waals surface area contributed by atoms with Crippen molar-refractivity contribution in [3.63, 3.8) is 0 Å². The van der Waals surface area contributed by atoms with E-state index in [2.05, 4.69) is 49.8 Å². The molecule has 4 aromatic rings. The number of amides is 1. The standard InChI is InChI=1S/C21H21ClN4OS.C7H8O3S/c22-17-13-18-15(12-20(27)23-18)11-14(17)5-6-25-7-9-26(10-8-25)21-16-3-1-2-4-19(16)28-24-21;1-6-2-4-7(5-3-6)11(8,9)10/h1-4,11,13H,5-10,12H2,(H,23,27);2-5H,1H3,(H,8,9,10). The van der Waals surface area contributed by atoms with Crippen LogP contribution in [-0.4, -0.2) is 60.9 Å². The average molecular weight is 585 g/mol. The number of halogens is 1. The van der Waals surface area contributed by atoms with Crippen molar-refractivity contribution in [1.82, 2.24) is 9.27 Å². The molecule has 204 valence electrons. The van der Waals surface area contributed by atoms with Gasteiger partial charge in [-0.05, 0) is 66.3 Å². The van der Waals surface area contributed by atoms with Crippen LogP contribution in [0.1, 0.15) is 16.7 Å². The van der Waals surface area contributed by atoms with E-state index in [4.69, 9.17) is 16.2 Å². The van der Waals surface area contributed by atoms with E-state index in [1.807, 2.05) is 13.0 Å². The second kappa shape index (κ2) is 11.6. The monoisotopic (exact) mass is 584 g/mol. The lowest BCUT2D eigenvalue weighted by molar-refractivity contribution is -0.115. The van der Waals surface area contributed by atoms with Gasteiger partial charge in [-0.1, -0.05) is 47.5 Å². The van der Waals surface area contributed by atoms with E-state index in [0.717, 1.165) is 72.4 Å². The van der Waals surface area contributed by atoms with Crippen molar-refractivity contribution in [2.24, 2.45) is 0 Å². The summed E-state index contributed by atoms with van der Waals surface area (Å²) in [5, 5.41) is 4.86. The molecular formula is C28H29ClN4O4S2.